The summed E-state index contributed by atoms with van der Waals surface area (Å²) in [6.07, 6.45) is 1.74. The number of nitrogens with zero attached hydrogens (tertiary/aromatic N) is 2. The summed E-state index contributed by atoms with van der Waals surface area (Å²) in [6, 6.07) is 16.8. The van der Waals surface area contributed by atoms with Gasteiger partial charge in [-0.1, -0.05) is 47.5 Å². The molecule has 1 heterocycles. The molecule has 1 atom stereocenters. The van der Waals surface area contributed by atoms with Crippen LogP contribution in [0.25, 0.3) is 5.69 Å². The standard InChI is InChI=1S/C16H13Cl2N3/c17-13-7-6-11(10-14(13)18)16(19)15-8-9-20-21(15)12-4-2-1-3-5-12/h1-10,16H,19H2. The number of hydrogen-bond acceptors (Lipinski definition) is 2. The van der Waals surface area contributed by atoms with Crippen molar-refractivity contribution in [1.29, 1.82) is 0 Å². The van der Waals surface area contributed by atoms with E-state index in [1.165, 1.54) is 0 Å². The molecule has 0 radical (unpaired) electrons. The summed E-state index contributed by atoms with van der Waals surface area (Å²) >= 11 is 12.0. The van der Waals surface area contributed by atoms with Gasteiger partial charge < -0.3 is 5.73 Å². The van der Waals surface area contributed by atoms with Gasteiger partial charge in [0.2, 0.25) is 0 Å². The first-order valence-corrected chi connectivity index (χ1v) is 7.22. The zero-order valence-electron chi connectivity index (χ0n) is 11.1. The van der Waals surface area contributed by atoms with E-state index in [1.54, 1.807) is 18.3 Å². The maximum Gasteiger partial charge on any atom is 0.0728 e. The SMILES string of the molecule is NC(c1ccc(Cl)c(Cl)c1)c1ccnn1-c1ccccc1. The fourth-order valence-electron chi connectivity index (χ4n) is 2.21. The third kappa shape index (κ3) is 2.81. The van der Waals surface area contributed by atoms with Crippen LogP contribution in [0.15, 0.2) is 60.8 Å². The fraction of sp³-hybridized carbons (Fsp3) is 0.0625. The highest BCUT2D eigenvalue weighted by Crippen LogP contribution is 2.28. The summed E-state index contributed by atoms with van der Waals surface area (Å²) in [5.74, 6) is 0. The van der Waals surface area contributed by atoms with Crippen molar-refractivity contribution in [3.63, 3.8) is 0 Å². The summed E-state index contributed by atoms with van der Waals surface area (Å²) in [5.41, 5.74) is 9.10. The number of rotatable bonds is 3. The molecule has 5 heteroatoms. The molecule has 3 rings (SSSR count). The Balaban J connectivity index is 2.01. The Morgan fingerprint density at radius 2 is 1.71 bits per heavy atom. The van der Waals surface area contributed by atoms with Crippen LogP contribution in [0, 0.1) is 0 Å². The molecule has 2 aromatic carbocycles. The molecule has 3 nitrogen and oxygen atoms in total. The second-order valence-corrected chi connectivity index (χ2v) is 5.47. The molecule has 0 spiro atoms. The summed E-state index contributed by atoms with van der Waals surface area (Å²) < 4.78 is 1.83. The molecule has 0 aliphatic heterocycles. The van der Waals surface area contributed by atoms with Crippen LogP contribution in [0.1, 0.15) is 17.3 Å². The van der Waals surface area contributed by atoms with Gasteiger partial charge >= 0.3 is 0 Å². The molecule has 0 aliphatic rings. The topological polar surface area (TPSA) is 43.8 Å². The van der Waals surface area contributed by atoms with Crippen molar-refractivity contribution in [3.05, 3.63) is 82.1 Å². The first-order chi connectivity index (χ1) is 10.2. The van der Waals surface area contributed by atoms with Crippen LogP contribution in [0.4, 0.5) is 0 Å². The maximum atomic E-state index is 6.36. The minimum atomic E-state index is -0.331. The fourth-order valence-corrected chi connectivity index (χ4v) is 2.52. The van der Waals surface area contributed by atoms with E-state index >= 15 is 0 Å². The Bertz CT molecular complexity index is 753. The third-order valence-corrected chi connectivity index (χ3v) is 4.03. The van der Waals surface area contributed by atoms with Gasteiger partial charge in [-0.25, -0.2) is 4.68 Å². The molecule has 2 N–H and O–H groups in total. The van der Waals surface area contributed by atoms with Crippen molar-refractivity contribution in [1.82, 2.24) is 9.78 Å². The summed E-state index contributed by atoms with van der Waals surface area (Å²) in [7, 11) is 0. The number of hydrogen-bond donors (Lipinski definition) is 1. The van der Waals surface area contributed by atoms with Crippen molar-refractivity contribution in [3.8, 4) is 5.69 Å². The maximum absolute atomic E-state index is 6.36. The minimum Gasteiger partial charge on any atom is -0.319 e. The van der Waals surface area contributed by atoms with Crippen molar-refractivity contribution in [2.75, 3.05) is 0 Å². The predicted octanol–water partition coefficient (Wildman–Crippen LogP) is 4.23. The normalized spacial score (nSPS) is 12.3. The van der Waals surface area contributed by atoms with E-state index in [0.717, 1.165) is 16.9 Å². The Morgan fingerprint density at radius 1 is 0.952 bits per heavy atom. The van der Waals surface area contributed by atoms with Crippen molar-refractivity contribution < 1.29 is 0 Å². The zero-order valence-corrected chi connectivity index (χ0v) is 12.6. The largest absolute Gasteiger partial charge is 0.319 e. The minimum absolute atomic E-state index is 0.331. The number of para-hydroxylation sites is 1. The Hall–Kier alpha value is -1.81. The number of halogens is 2. The van der Waals surface area contributed by atoms with Gasteiger partial charge in [0, 0.05) is 6.20 Å². The van der Waals surface area contributed by atoms with E-state index < -0.39 is 0 Å². The molecule has 0 bridgehead atoms. The van der Waals surface area contributed by atoms with Gasteiger partial charge in [-0.15, -0.1) is 0 Å². The average Bonchev–Trinajstić information content (AvgIpc) is 2.99. The molecule has 0 saturated carbocycles. The van der Waals surface area contributed by atoms with Crippen LogP contribution in [-0.4, -0.2) is 9.78 Å². The Kier molecular flexibility index (Phi) is 3.97. The second kappa shape index (κ2) is 5.90. The van der Waals surface area contributed by atoms with Crippen LogP contribution in [0.3, 0.4) is 0 Å². The Morgan fingerprint density at radius 3 is 2.43 bits per heavy atom. The van der Waals surface area contributed by atoms with Crippen LogP contribution in [-0.2, 0) is 0 Å². The molecule has 1 unspecified atom stereocenters. The number of nitrogens with two attached hydrogens (primary N) is 1. The molecule has 0 amide bonds. The van der Waals surface area contributed by atoms with Gasteiger partial charge in [-0.2, -0.15) is 5.10 Å². The van der Waals surface area contributed by atoms with E-state index in [-0.39, 0.29) is 6.04 Å². The average molecular weight is 318 g/mol. The van der Waals surface area contributed by atoms with Gasteiger partial charge in [0.25, 0.3) is 0 Å². The van der Waals surface area contributed by atoms with Gasteiger partial charge in [0.1, 0.15) is 0 Å². The molecule has 0 fully saturated rings. The van der Waals surface area contributed by atoms with Crippen LogP contribution < -0.4 is 5.73 Å². The molecule has 21 heavy (non-hydrogen) atoms. The number of aromatic nitrogens is 2. The van der Waals surface area contributed by atoms with Gasteiger partial charge in [0.15, 0.2) is 0 Å². The molecular formula is C16H13Cl2N3. The first kappa shape index (κ1) is 14.1. The summed E-state index contributed by atoms with van der Waals surface area (Å²) in [4.78, 5) is 0. The predicted molar refractivity (Wildman–Crippen MR) is 86.1 cm³/mol. The second-order valence-electron chi connectivity index (χ2n) is 4.65. The smallest absolute Gasteiger partial charge is 0.0728 e. The van der Waals surface area contributed by atoms with Gasteiger partial charge in [0.05, 0.1) is 27.5 Å². The summed E-state index contributed by atoms with van der Waals surface area (Å²) in [5, 5.41) is 5.36. The third-order valence-electron chi connectivity index (χ3n) is 3.29. The first-order valence-electron chi connectivity index (χ1n) is 6.46. The molecule has 1 aromatic heterocycles. The molecule has 106 valence electrons. The van der Waals surface area contributed by atoms with Crippen molar-refractivity contribution in [2.24, 2.45) is 5.73 Å². The lowest BCUT2D eigenvalue weighted by atomic mass is 10.0. The van der Waals surface area contributed by atoms with Crippen molar-refractivity contribution >= 4 is 23.2 Å². The highest BCUT2D eigenvalue weighted by molar-refractivity contribution is 6.42. The monoisotopic (exact) mass is 317 g/mol. The lowest BCUT2D eigenvalue weighted by molar-refractivity contribution is 0.739. The highest BCUT2D eigenvalue weighted by atomic mass is 35.5. The summed E-state index contributed by atoms with van der Waals surface area (Å²) in [6.45, 7) is 0. The van der Waals surface area contributed by atoms with E-state index in [9.17, 15) is 0 Å². The lowest BCUT2D eigenvalue weighted by Gasteiger charge is -2.15. The highest BCUT2D eigenvalue weighted by Gasteiger charge is 2.16. The lowest BCUT2D eigenvalue weighted by Crippen LogP contribution is -2.16. The van der Waals surface area contributed by atoms with Gasteiger partial charge in [-0.3, -0.25) is 0 Å². The Labute approximate surface area is 132 Å². The molecule has 3 aromatic rings. The zero-order chi connectivity index (χ0) is 14.8. The van der Waals surface area contributed by atoms with E-state index in [2.05, 4.69) is 5.10 Å². The van der Waals surface area contributed by atoms with E-state index in [1.807, 2.05) is 47.1 Å². The number of benzene rings is 2. The molecule has 0 saturated heterocycles. The van der Waals surface area contributed by atoms with Crippen molar-refractivity contribution in [2.45, 2.75) is 6.04 Å². The van der Waals surface area contributed by atoms with Crippen LogP contribution in [0.2, 0.25) is 10.0 Å². The van der Waals surface area contributed by atoms with Crippen LogP contribution >= 0.6 is 23.2 Å². The van der Waals surface area contributed by atoms with E-state index in [4.69, 9.17) is 28.9 Å². The molecular weight excluding hydrogens is 305 g/mol. The molecule has 0 aliphatic carbocycles. The van der Waals surface area contributed by atoms with Crippen LogP contribution in [0.5, 0.6) is 0 Å². The van der Waals surface area contributed by atoms with E-state index in [0.29, 0.717) is 10.0 Å². The quantitative estimate of drug-likeness (QED) is 0.785. The van der Waals surface area contributed by atoms with Gasteiger partial charge in [-0.05, 0) is 35.9 Å².